The maximum absolute atomic E-state index is 13.4. The molecule has 6 heteroatoms. The van der Waals surface area contributed by atoms with Crippen LogP contribution in [0.4, 0.5) is 0 Å². The van der Waals surface area contributed by atoms with Gasteiger partial charge in [0.25, 0.3) is 5.91 Å². The van der Waals surface area contributed by atoms with Crippen LogP contribution in [0, 0.1) is 12.8 Å². The number of amides is 1. The Balaban J connectivity index is 1.48. The molecule has 1 unspecified atom stereocenters. The van der Waals surface area contributed by atoms with Crippen molar-refractivity contribution in [2.75, 3.05) is 26.2 Å². The highest BCUT2D eigenvalue weighted by Gasteiger charge is 2.33. The number of aryl methyl sites for hydroxylation is 1. The molecule has 1 aliphatic heterocycles. The van der Waals surface area contributed by atoms with Gasteiger partial charge in [-0.25, -0.2) is 4.98 Å². The predicted molar refractivity (Wildman–Crippen MR) is 123 cm³/mol. The van der Waals surface area contributed by atoms with E-state index in [1.54, 1.807) is 0 Å². The number of rotatable bonds is 6. The Morgan fingerprint density at radius 2 is 2.06 bits per heavy atom. The summed E-state index contributed by atoms with van der Waals surface area (Å²) in [7, 11) is 0. The lowest BCUT2D eigenvalue weighted by Crippen LogP contribution is -2.56. The summed E-state index contributed by atoms with van der Waals surface area (Å²) in [6.07, 6.45) is 0. The Labute approximate surface area is 184 Å². The number of fused-ring (bicyclic) bond motifs is 1. The normalized spacial score (nSPS) is 17.5. The maximum Gasteiger partial charge on any atom is 0.254 e. The predicted octanol–water partition coefficient (Wildman–Crippen LogP) is 4.25. The van der Waals surface area contributed by atoms with E-state index in [9.17, 15) is 4.79 Å². The number of hydrogen-bond donors (Lipinski definition) is 1. The van der Waals surface area contributed by atoms with Gasteiger partial charge in [-0.05, 0) is 55.7 Å². The molecule has 31 heavy (non-hydrogen) atoms. The van der Waals surface area contributed by atoms with Gasteiger partial charge in [0.15, 0.2) is 0 Å². The van der Waals surface area contributed by atoms with E-state index in [-0.39, 0.29) is 11.9 Å². The molecule has 164 valence electrons. The van der Waals surface area contributed by atoms with Crippen molar-refractivity contribution in [3.8, 4) is 5.75 Å². The Morgan fingerprint density at radius 3 is 2.84 bits per heavy atom. The number of aromatic nitrogens is 2. The molecule has 2 heterocycles. The first-order chi connectivity index (χ1) is 14.9. The van der Waals surface area contributed by atoms with E-state index < -0.39 is 0 Å². The maximum atomic E-state index is 13.4. The van der Waals surface area contributed by atoms with Gasteiger partial charge in [-0.15, -0.1) is 0 Å². The molecule has 1 aromatic heterocycles. The number of hydrogen-bond acceptors (Lipinski definition) is 4. The quantitative estimate of drug-likeness (QED) is 0.648. The van der Waals surface area contributed by atoms with Crippen LogP contribution in [0.15, 0.2) is 42.5 Å². The largest absolute Gasteiger partial charge is 0.494 e. The van der Waals surface area contributed by atoms with Crippen molar-refractivity contribution in [2.45, 2.75) is 40.3 Å². The molecular formula is C25H32N4O2. The highest BCUT2D eigenvalue weighted by Crippen LogP contribution is 2.24. The molecule has 0 spiro atoms. The van der Waals surface area contributed by atoms with Crippen molar-refractivity contribution in [1.29, 1.82) is 0 Å². The number of carbonyl (C=O) groups is 1. The first-order valence-corrected chi connectivity index (χ1v) is 11.2. The fourth-order valence-electron chi connectivity index (χ4n) is 4.43. The zero-order chi connectivity index (χ0) is 22.0. The second-order valence-corrected chi connectivity index (χ2v) is 8.68. The van der Waals surface area contributed by atoms with E-state index in [1.807, 2.05) is 44.2 Å². The van der Waals surface area contributed by atoms with Crippen LogP contribution in [-0.2, 0) is 6.54 Å². The average Bonchev–Trinajstić information content (AvgIpc) is 3.13. The van der Waals surface area contributed by atoms with Gasteiger partial charge in [0.1, 0.15) is 11.6 Å². The van der Waals surface area contributed by atoms with E-state index >= 15 is 0 Å². The number of nitrogens with one attached hydrogen (secondary N) is 1. The highest BCUT2D eigenvalue weighted by atomic mass is 16.5. The lowest BCUT2D eigenvalue weighted by molar-refractivity contribution is 0.0329. The van der Waals surface area contributed by atoms with Crippen LogP contribution in [0.3, 0.4) is 0 Å². The smallest absolute Gasteiger partial charge is 0.254 e. The van der Waals surface area contributed by atoms with Gasteiger partial charge in [-0.1, -0.05) is 26.0 Å². The summed E-state index contributed by atoms with van der Waals surface area (Å²) in [4.78, 5) is 25.6. The average molecular weight is 421 g/mol. The van der Waals surface area contributed by atoms with Crippen molar-refractivity contribution in [2.24, 2.45) is 5.92 Å². The summed E-state index contributed by atoms with van der Waals surface area (Å²) in [6.45, 7) is 12.3. The van der Waals surface area contributed by atoms with Gasteiger partial charge >= 0.3 is 0 Å². The molecule has 0 bridgehead atoms. The fraction of sp³-hybridized carbons (Fsp3) is 0.440. The minimum atomic E-state index is 0.103. The number of piperazine rings is 1. The third-order valence-corrected chi connectivity index (χ3v) is 6.00. The molecule has 2 aromatic carbocycles. The number of imidazole rings is 1. The standard InChI is InChI=1S/C25H32N4O2/c1-5-31-21-8-6-7-19(13-21)15-28-11-12-29(24(16-28)17(2)3)25(30)20-9-10-22-23(14-20)27-18(4)26-22/h6-10,13-14,17,24H,5,11-12,15-16H2,1-4H3,(H,26,27). The molecule has 6 nitrogen and oxygen atoms in total. The van der Waals surface area contributed by atoms with Crippen LogP contribution in [0.25, 0.3) is 11.0 Å². The second kappa shape index (κ2) is 9.10. The topological polar surface area (TPSA) is 61.5 Å². The molecule has 4 rings (SSSR count). The van der Waals surface area contributed by atoms with E-state index in [4.69, 9.17) is 4.74 Å². The Hall–Kier alpha value is -2.86. The SMILES string of the molecule is CCOc1cccc(CN2CCN(C(=O)c3ccc4nc(C)[nH]c4c3)C(C(C)C)C2)c1. The van der Waals surface area contributed by atoms with E-state index in [0.717, 1.165) is 54.3 Å². The zero-order valence-electron chi connectivity index (χ0n) is 18.9. The third-order valence-electron chi connectivity index (χ3n) is 6.00. The van der Waals surface area contributed by atoms with Gasteiger partial charge in [-0.2, -0.15) is 0 Å². The summed E-state index contributed by atoms with van der Waals surface area (Å²) in [6, 6.07) is 14.2. The van der Waals surface area contributed by atoms with Crippen LogP contribution in [0.2, 0.25) is 0 Å². The van der Waals surface area contributed by atoms with Gasteiger partial charge in [0.05, 0.1) is 17.6 Å². The van der Waals surface area contributed by atoms with Crippen LogP contribution in [0.1, 0.15) is 42.5 Å². The van der Waals surface area contributed by atoms with Crippen molar-refractivity contribution in [1.82, 2.24) is 19.8 Å². The molecule has 1 amide bonds. The molecule has 1 fully saturated rings. The molecule has 1 N–H and O–H groups in total. The van der Waals surface area contributed by atoms with Gasteiger partial charge in [0, 0.05) is 37.8 Å². The molecule has 1 aliphatic rings. The van der Waals surface area contributed by atoms with Crippen molar-refractivity contribution in [3.05, 3.63) is 59.4 Å². The minimum Gasteiger partial charge on any atom is -0.494 e. The van der Waals surface area contributed by atoms with Gasteiger partial charge in [0.2, 0.25) is 0 Å². The van der Waals surface area contributed by atoms with E-state index in [0.29, 0.717) is 12.5 Å². The number of H-pyrrole nitrogens is 1. The molecule has 1 saturated heterocycles. The van der Waals surface area contributed by atoms with Crippen molar-refractivity contribution < 1.29 is 9.53 Å². The summed E-state index contributed by atoms with van der Waals surface area (Å²) in [5, 5.41) is 0. The van der Waals surface area contributed by atoms with Crippen LogP contribution in [-0.4, -0.2) is 58.0 Å². The monoisotopic (exact) mass is 420 g/mol. The lowest BCUT2D eigenvalue weighted by atomic mass is 9.98. The molecule has 1 atom stereocenters. The molecule has 3 aromatic rings. The first-order valence-electron chi connectivity index (χ1n) is 11.2. The van der Waals surface area contributed by atoms with Gasteiger partial charge in [-0.3, -0.25) is 9.69 Å². The molecule has 0 saturated carbocycles. The summed E-state index contributed by atoms with van der Waals surface area (Å²) >= 11 is 0. The lowest BCUT2D eigenvalue weighted by Gasteiger charge is -2.43. The summed E-state index contributed by atoms with van der Waals surface area (Å²) in [5.41, 5.74) is 3.78. The molecule has 0 radical (unpaired) electrons. The Bertz CT molecular complexity index is 1060. The number of aromatic amines is 1. The number of benzene rings is 2. The summed E-state index contributed by atoms with van der Waals surface area (Å²) in [5.74, 6) is 2.26. The van der Waals surface area contributed by atoms with E-state index in [2.05, 4.69) is 45.7 Å². The van der Waals surface area contributed by atoms with Crippen LogP contribution < -0.4 is 4.74 Å². The summed E-state index contributed by atoms with van der Waals surface area (Å²) < 4.78 is 5.65. The Morgan fingerprint density at radius 1 is 1.23 bits per heavy atom. The number of nitrogens with zero attached hydrogens (tertiary/aromatic N) is 3. The van der Waals surface area contributed by atoms with E-state index in [1.165, 1.54) is 5.56 Å². The van der Waals surface area contributed by atoms with Gasteiger partial charge < -0.3 is 14.6 Å². The number of ether oxygens (including phenoxy) is 1. The molecule has 0 aliphatic carbocycles. The second-order valence-electron chi connectivity index (χ2n) is 8.68. The van der Waals surface area contributed by atoms with Crippen molar-refractivity contribution >= 4 is 16.9 Å². The third kappa shape index (κ3) is 4.74. The minimum absolute atomic E-state index is 0.103. The Kier molecular flexibility index (Phi) is 6.28. The van der Waals surface area contributed by atoms with Crippen LogP contribution in [0.5, 0.6) is 5.75 Å². The molecular weight excluding hydrogens is 388 g/mol. The van der Waals surface area contributed by atoms with Crippen molar-refractivity contribution in [3.63, 3.8) is 0 Å². The first kappa shape index (κ1) is 21.4. The fourth-order valence-corrected chi connectivity index (χ4v) is 4.43. The number of carbonyl (C=O) groups excluding carboxylic acids is 1. The van der Waals surface area contributed by atoms with Crippen LogP contribution >= 0.6 is 0 Å². The zero-order valence-corrected chi connectivity index (χ0v) is 18.9. The highest BCUT2D eigenvalue weighted by molar-refractivity contribution is 5.97.